The van der Waals surface area contributed by atoms with Crippen molar-refractivity contribution in [2.75, 3.05) is 6.61 Å². The van der Waals surface area contributed by atoms with Crippen LogP contribution in [-0.2, 0) is 6.54 Å². The van der Waals surface area contributed by atoms with Gasteiger partial charge >= 0.3 is 0 Å². The van der Waals surface area contributed by atoms with Crippen LogP contribution >= 0.6 is 0 Å². The van der Waals surface area contributed by atoms with E-state index in [0.717, 1.165) is 28.4 Å². The number of aromatic nitrogens is 4. The molecule has 1 aromatic carbocycles. The summed E-state index contributed by atoms with van der Waals surface area (Å²) in [4.78, 5) is 4.17. The molecule has 0 bridgehead atoms. The molecule has 22 heavy (non-hydrogen) atoms. The van der Waals surface area contributed by atoms with E-state index in [0.29, 0.717) is 13.2 Å². The number of nitrogens with zero attached hydrogens (tertiary/aromatic N) is 4. The van der Waals surface area contributed by atoms with Gasteiger partial charge in [-0.05, 0) is 31.2 Å². The summed E-state index contributed by atoms with van der Waals surface area (Å²) in [6.45, 7) is 2.84. The first-order valence-electron chi connectivity index (χ1n) is 7.12. The summed E-state index contributed by atoms with van der Waals surface area (Å²) in [5.74, 6) is 0.753. The van der Waals surface area contributed by atoms with Gasteiger partial charge in [0.05, 0.1) is 6.61 Å². The molecule has 0 fully saturated rings. The van der Waals surface area contributed by atoms with Crippen molar-refractivity contribution in [1.29, 1.82) is 0 Å². The molecule has 2 N–H and O–H groups in total. The average molecular weight is 295 g/mol. The number of benzene rings is 1. The van der Waals surface area contributed by atoms with Gasteiger partial charge in [0.2, 0.25) is 0 Å². The van der Waals surface area contributed by atoms with Crippen LogP contribution in [0.4, 0.5) is 0 Å². The first kappa shape index (κ1) is 14.2. The van der Waals surface area contributed by atoms with Crippen molar-refractivity contribution in [3.05, 3.63) is 54.5 Å². The average Bonchev–Trinajstić information content (AvgIpc) is 3.00. The number of pyridine rings is 1. The van der Waals surface area contributed by atoms with Gasteiger partial charge in [-0.25, -0.2) is 4.68 Å². The lowest BCUT2D eigenvalue weighted by Crippen LogP contribution is -2.05. The Labute approximate surface area is 128 Å². The van der Waals surface area contributed by atoms with E-state index in [4.69, 9.17) is 10.5 Å². The third-order valence-electron chi connectivity index (χ3n) is 3.26. The molecule has 3 aromatic rings. The van der Waals surface area contributed by atoms with Crippen molar-refractivity contribution in [2.45, 2.75) is 13.5 Å². The zero-order chi connectivity index (χ0) is 15.4. The van der Waals surface area contributed by atoms with Gasteiger partial charge in [-0.15, -0.1) is 5.10 Å². The lowest BCUT2D eigenvalue weighted by molar-refractivity contribution is 0.338. The van der Waals surface area contributed by atoms with Gasteiger partial charge in [-0.3, -0.25) is 4.98 Å². The van der Waals surface area contributed by atoms with Gasteiger partial charge in [0.25, 0.3) is 0 Å². The van der Waals surface area contributed by atoms with Crippen molar-refractivity contribution in [3.8, 4) is 22.7 Å². The van der Waals surface area contributed by atoms with E-state index in [9.17, 15) is 0 Å². The van der Waals surface area contributed by atoms with Crippen LogP contribution in [0.15, 0.2) is 48.8 Å². The normalized spacial score (nSPS) is 10.6. The molecule has 0 aliphatic heterocycles. The second-order valence-corrected chi connectivity index (χ2v) is 4.64. The minimum absolute atomic E-state index is 0.307. The van der Waals surface area contributed by atoms with Crippen LogP contribution in [0.2, 0.25) is 0 Å². The van der Waals surface area contributed by atoms with E-state index in [2.05, 4.69) is 15.3 Å². The van der Waals surface area contributed by atoms with Gasteiger partial charge in [0.1, 0.15) is 22.8 Å². The molecule has 0 amide bonds. The van der Waals surface area contributed by atoms with E-state index in [1.54, 1.807) is 17.1 Å². The summed E-state index contributed by atoms with van der Waals surface area (Å²) >= 11 is 0. The molecule has 6 heteroatoms. The molecule has 6 nitrogen and oxygen atoms in total. The van der Waals surface area contributed by atoms with E-state index in [1.807, 2.05) is 43.3 Å². The highest BCUT2D eigenvalue weighted by atomic mass is 16.5. The second kappa shape index (κ2) is 6.36. The summed E-state index contributed by atoms with van der Waals surface area (Å²) in [7, 11) is 0. The summed E-state index contributed by atoms with van der Waals surface area (Å²) in [6, 6.07) is 11.6. The Hall–Kier alpha value is -2.73. The highest BCUT2D eigenvalue weighted by molar-refractivity contribution is 5.64. The number of ether oxygens (including phenoxy) is 1. The predicted molar refractivity (Wildman–Crippen MR) is 83.7 cm³/mol. The topological polar surface area (TPSA) is 78.8 Å². The summed E-state index contributed by atoms with van der Waals surface area (Å²) in [5, 5.41) is 8.45. The standard InChI is InChI=1S/C16H17N5O/c1-2-22-15-8-4-3-7-14(15)21-16(13(10-17)19-20-21)12-6-5-9-18-11-12/h3-9,11H,2,10,17H2,1H3. The summed E-state index contributed by atoms with van der Waals surface area (Å²) < 4.78 is 7.44. The molecule has 0 aliphatic carbocycles. The van der Waals surface area contributed by atoms with Crippen LogP contribution in [-0.4, -0.2) is 26.6 Å². The van der Waals surface area contributed by atoms with Crippen molar-refractivity contribution < 1.29 is 4.74 Å². The highest BCUT2D eigenvalue weighted by Crippen LogP contribution is 2.29. The quantitative estimate of drug-likeness (QED) is 0.780. The lowest BCUT2D eigenvalue weighted by atomic mass is 10.1. The fourth-order valence-electron chi connectivity index (χ4n) is 2.32. The van der Waals surface area contributed by atoms with Gasteiger partial charge in [-0.1, -0.05) is 17.3 Å². The van der Waals surface area contributed by atoms with E-state index in [1.165, 1.54) is 0 Å². The minimum atomic E-state index is 0.307. The molecular weight excluding hydrogens is 278 g/mol. The van der Waals surface area contributed by atoms with Gasteiger partial charge < -0.3 is 10.5 Å². The monoisotopic (exact) mass is 295 g/mol. The van der Waals surface area contributed by atoms with E-state index >= 15 is 0 Å². The Morgan fingerprint density at radius 3 is 2.77 bits per heavy atom. The number of hydrogen-bond donors (Lipinski definition) is 1. The molecule has 0 aliphatic rings. The predicted octanol–water partition coefficient (Wildman–Crippen LogP) is 2.19. The Morgan fingerprint density at radius 2 is 2.05 bits per heavy atom. The van der Waals surface area contributed by atoms with Gasteiger partial charge in [0, 0.05) is 24.5 Å². The van der Waals surface area contributed by atoms with E-state index in [-0.39, 0.29) is 0 Å². The van der Waals surface area contributed by atoms with Crippen LogP contribution < -0.4 is 10.5 Å². The van der Waals surface area contributed by atoms with Crippen LogP contribution in [0.1, 0.15) is 12.6 Å². The Kier molecular flexibility index (Phi) is 4.11. The maximum absolute atomic E-state index is 5.81. The molecule has 0 radical (unpaired) electrons. The van der Waals surface area contributed by atoms with Crippen molar-refractivity contribution >= 4 is 0 Å². The molecule has 0 unspecified atom stereocenters. The fourth-order valence-corrected chi connectivity index (χ4v) is 2.32. The highest BCUT2D eigenvalue weighted by Gasteiger charge is 2.17. The molecule has 2 heterocycles. The number of hydrogen-bond acceptors (Lipinski definition) is 5. The Balaban J connectivity index is 2.19. The molecule has 0 saturated carbocycles. The maximum atomic E-state index is 5.81. The maximum Gasteiger partial charge on any atom is 0.145 e. The lowest BCUT2D eigenvalue weighted by Gasteiger charge is -2.12. The third kappa shape index (κ3) is 2.56. The van der Waals surface area contributed by atoms with Gasteiger partial charge in [-0.2, -0.15) is 0 Å². The first-order chi connectivity index (χ1) is 10.8. The molecule has 0 atom stereocenters. The smallest absolute Gasteiger partial charge is 0.145 e. The molecule has 3 rings (SSSR count). The van der Waals surface area contributed by atoms with E-state index < -0.39 is 0 Å². The molecule has 2 aromatic heterocycles. The third-order valence-corrected chi connectivity index (χ3v) is 3.26. The molecular formula is C16H17N5O. The number of nitrogens with two attached hydrogens (primary N) is 1. The molecule has 0 spiro atoms. The summed E-state index contributed by atoms with van der Waals surface area (Å²) in [6.07, 6.45) is 3.51. The number of para-hydroxylation sites is 2. The van der Waals surface area contributed by atoms with Crippen molar-refractivity contribution in [3.63, 3.8) is 0 Å². The molecule has 112 valence electrons. The SMILES string of the molecule is CCOc1ccccc1-n1nnc(CN)c1-c1cccnc1. The zero-order valence-electron chi connectivity index (χ0n) is 12.3. The second-order valence-electron chi connectivity index (χ2n) is 4.64. The van der Waals surface area contributed by atoms with Crippen LogP contribution in [0.3, 0.4) is 0 Å². The fraction of sp³-hybridized carbons (Fsp3) is 0.188. The number of rotatable bonds is 5. The Morgan fingerprint density at radius 1 is 1.18 bits per heavy atom. The van der Waals surface area contributed by atoms with Crippen molar-refractivity contribution in [1.82, 2.24) is 20.0 Å². The first-order valence-corrected chi connectivity index (χ1v) is 7.12. The van der Waals surface area contributed by atoms with Crippen molar-refractivity contribution in [2.24, 2.45) is 5.73 Å². The minimum Gasteiger partial charge on any atom is -0.492 e. The van der Waals surface area contributed by atoms with Crippen LogP contribution in [0.25, 0.3) is 16.9 Å². The zero-order valence-corrected chi connectivity index (χ0v) is 12.3. The van der Waals surface area contributed by atoms with Crippen LogP contribution in [0, 0.1) is 0 Å². The largest absolute Gasteiger partial charge is 0.492 e. The summed E-state index contributed by atoms with van der Waals surface area (Å²) in [5.41, 5.74) is 9.11. The van der Waals surface area contributed by atoms with Crippen LogP contribution in [0.5, 0.6) is 5.75 Å². The molecule has 0 saturated heterocycles. The Bertz CT molecular complexity index is 754. The van der Waals surface area contributed by atoms with Gasteiger partial charge in [0.15, 0.2) is 0 Å².